The van der Waals surface area contributed by atoms with Gasteiger partial charge in [0.2, 0.25) is 12.7 Å². The standard InChI is InChI=1S/C24H26BrN7O5S/c25-14-9-15-16(37-12-36-15)10-17(14)38-22-28-18-19(26)27-11-32(20(18)29-22)8-3-13-1-6-31(7-2-13)21(33)24(4-5-24)30-23(34)35/h9-11,13,26,30H,1-8,12H2,(H,28,29)(H,34,35). The minimum absolute atomic E-state index is 0.0969. The van der Waals surface area contributed by atoms with Crippen molar-refractivity contribution in [3.63, 3.8) is 0 Å². The molecule has 4 N–H and O–H groups in total. The lowest BCUT2D eigenvalue weighted by atomic mass is 9.93. The average Bonchev–Trinajstić information content (AvgIpc) is 3.30. The lowest BCUT2D eigenvalue weighted by Crippen LogP contribution is -2.52. The molecule has 1 aromatic carbocycles. The van der Waals surface area contributed by atoms with Gasteiger partial charge >= 0.3 is 6.09 Å². The van der Waals surface area contributed by atoms with Crippen LogP contribution in [0, 0.1) is 11.3 Å². The summed E-state index contributed by atoms with van der Waals surface area (Å²) in [6, 6.07) is 3.77. The lowest BCUT2D eigenvalue weighted by Gasteiger charge is -2.34. The highest BCUT2D eigenvalue weighted by molar-refractivity contribution is 9.10. The van der Waals surface area contributed by atoms with E-state index in [-0.39, 0.29) is 18.2 Å². The Hall–Kier alpha value is -3.26. The number of carboxylic acid groups (broad SMARTS) is 1. The number of hydrogen-bond acceptors (Lipinski definition) is 8. The number of rotatable bonds is 7. The molecule has 2 fully saturated rings. The van der Waals surface area contributed by atoms with Gasteiger partial charge in [-0.25, -0.2) is 14.8 Å². The number of piperidine rings is 1. The molecule has 3 aromatic rings. The molecule has 12 nitrogen and oxygen atoms in total. The van der Waals surface area contributed by atoms with Crippen LogP contribution in [0.3, 0.4) is 0 Å². The molecule has 0 radical (unpaired) electrons. The highest BCUT2D eigenvalue weighted by atomic mass is 79.9. The second-order valence-electron chi connectivity index (χ2n) is 9.80. The van der Waals surface area contributed by atoms with Gasteiger partial charge in [0.25, 0.3) is 0 Å². The predicted octanol–water partition coefficient (Wildman–Crippen LogP) is 3.31. The molecule has 3 aliphatic rings. The van der Waals surface area contributed by atoms with E-state index in [2.05, 4.69) is 31.2 Å². The van der Waals surface area contributed by atoms with Crippen LogP contribution in [0.25, 0.3) is 11.2 Å². The molecule has 2 aromatic heterocycles. The van der Waals surface area contributed by atoms with Gasteiger partial charge < -0.3 is 34.3 Å². The number of likely N-dealkylation sites (tertiary alicyclic amines) is 1. The van der Waals surface area contributed by atoms with Crippen molar-refractivity contribution >= 4 is 50.9 Å². The van der Waals surface area contributed by atoms with Gasteiger partial charge in [0.05, 0.1) is 6.33 Å². The Morgan fingerprint density at radius 3 is 2.71 bits per heavy atom. The molecular formula is C24H26BrN7O5S. The van der Waals surface area contributed by atoms with Crippen molar-refractivity contribution < 1.29 is 24.2 Å². The Morgan fingerprint density at radius 2 is 2.00 bits per heavy atom. The first-order chi connectivity index (χ1) is 18.3. The molecule has 0 spiro atoms. The Bertz CT molecular complexity index is 1480. The summed E-state index contributed by atoms with van der Waals surface area (Å²) in [4.78, 5) is 38.8. The molecule has 2 amide bonds. The quantitative estimate of drug-likeness (QED) is 0.320. The summed E-state index contributed by atoms with van der Waals surface area (Å²) in [5, 5.41) is 20.4. The van der Waals surface area contributed by atoms with Crippen LogP contribution in [0.1, 0.15) is 32.1 Å². The first-order valence-electron chi connectivity index (χ1n) is 12.4. The lowest BCUT2D eigenvalue weighted by molar-refractivity contribution is -0.135. The van der Waals surface area contributed by atoms with Crippen LogP contribution in [-0.4, -0.2) is 66.9 Å². The van der Waals surface area contributed by atoms with Crippen molar-refractivity contribution in [2.24, 2.45) is 5.92 Å². The van der Waals surface area contributed by atoms with Gasteiger partial charge in [0.15, 0.2) is 27.8 Å². The third kappa shape index (κ3) is 4.82. The fourth-order valence-corrected chi connectivity index (χ4v) is 6.41. The van der Waals surface area contributed by atoms with E-state index < -0.39 is 11.6 Å². The average molecular weight is 604 g/mol. The highest BCUT2D eigenvalue weighted by Gasteiger charge is 2.53. The number of halogens is 1. The van der Waals surface area contributed by atoms with Gasteiger partial charge in [-0.3, -0.25) is 10.2 Å². The number of hydrogen-bond donors (Lipinski definition) is 4. The SMILES string of the molecule is N=c1ncn(CCC2CCN(C(=O)C3(NC(=O)O)CC3)CC2)c2nc(Sc3cc4c(cc3Br)OCO4)[nH]c12. The third-order valence-electron chi connectivity index (χ3n) is 7.32. The Balaban J connectivity index is 1.10. The van der Waals surface area contributed by atoms with E-state index >= 15 is 0 Å². The molecule has 38 heavy (non-hydrogen) atoms. The summed E-state index contributed by atoms with van der Waals surface area (Å²) in [7, 11) is 0. The molecule has 1 saturated heterocycles. The molecule has 2 aliphatic heterocycles. The zero-order valence-corrected chi connectivity index (χ0v) is 22.7. The van der Waals surface area contributed by atoms with Crippen molar-refractivity contribution in [2.75, 3.05) is 19.9 Å². The van der Waals surface area contributed by atoms with Gasteiger partial charge in [-0.15, -0.1) is 0 Å². The number of aromatic amines is 1. The first-order valence-corrected chi connectivity index (χ1v) is 14.0. The zero-order chi connectivity index (χ0) is 26.4. The molecule has 0 unspecified atom stereocenters. The van der Waals surface area contributed by atoms with E-state index in [9.17, 15) is 9.59 Å². The minimum Gasteiger partial charge on any atom is -0.465 e. The first kappa shape index (κ1) is 25.0. The van der Waals surface area contributed by atoms with Gasteiger partial charge in [0, 0.05) is 29.0 Å². The second kappa shape index (κ2) is 9.80. The molecule has 0 atom stereocenters. The fraction of sp³-hybridized carbons (Fsp3) is 0.458. The maximum Gasteiger partial charge on any atom is 0.405 e. The Morgan fingerprint density at radius 1 is 1.26 bits per heavy atom. The topological polar surface area (TPSA) is 158 Å². The highest BCUT2D eigenvalue weighted by Crippen LogP contribution is 2.42. The zero-order valence-electron chi connectivity index (χ0n) is 20.3. The monoisotopic (exact) mass is 603 g/mol. The van der Waals surface area contributed by atoms with E-state index in [1.165, 1.54) is 11.8 Å². The van der Waals surface area contributed by atoms with Crippen molar-refractivity contribution in [3.8, 4) is 11.5 Å². The number of aryl methyl sites for hydroxylation is 1. The minimum atomic E-state index is -1.15. The number of imidazole rings is 1. The van der Waals surface area contributed by atoms with E-state index in [1.807, 2.05) is 16.7 Å². The van der Waals surface area contributed by atoms with Crippen LogP contribution >= 0.6 is 27.7 Å². The summed E-state index contributed by atoms with van der Waals surface area (Å²) in [6.07, 6.45) is 4.26. The Labute approximate surface area is 229 Å². The van der Waals surface area contributed by atoms with Crippen molar-refractivity contribution in [3.05, 3.63) is 28.4 Å². The predicted molar refractivity (Wildman–Crippen MR) is 139 cm³/mol. The summed E-state index contributed by atoms with van der Waals surface area (Å²) >= 11 is 5.01. The number of benzene rings is 1. The molecule has 6 rings (SSSR count). The maximum absolute atomic E-state index is 12.8. The number of amides is 2. The normalized spacial score (nSPS) is 18.1. The van der Waals surface area contributed by atoms with Crippen LogP contribution in [0.2, 0.25) is 0 Å². The summed E-state index contributed by atoms with van der Waals surface area (Å²) in [5.74, 6) is 1.71. The Kier molecular flexibility index (Phi) is 6.46. The third-order valence-corrected chi connectivity index (χ3v) is 9.18. The number of aromatic nitrogens is 4. The summed E-state index contributed by atoms with van der Waals surface area (Å²) < 4.78 is 13.7. The number of ether oxygens (including phenoxy) is 2. The largest absolute Gasteiger partial charge is 0.465 e. The van der Waals surface area contributed by atoms with Crippen LogP contribution in [0.4, 0.5) is 4.79 Å². The second-order valence-corrected chi connectivity index (χ2v) is 11.7. The molecular weight excluding hydrogens is 578 g/mol. The molecule has 1 saturated carbocycles. The smallest absolute Gasteiger partial charge is 0.405 e. The van der Waals surface area contributed by atoms with Crippen molar-refractivity contribution in [1.29, 1.82) is 5.41 Å². The van der Waals surface area contributed by atoms with Crippen molar-refractivity contribution in [1.82, 2.24) is 29.7 Å². The number of H-pyrrole nitrogens is 1. The van der Waals surface area contributed by atoms with Crippen molar-refractivity contribution in [2.45, 2.75) is 54.2 Å². The summed E-state index contributed by atoms with van der Waals surface area (Å²) in [5.41, 5.74) is 0.479. The van der Waals surface area contributed by atoms with E-state index in [0.717, 1.165) is 28.6 Å². The molecule has 4 heterocycles. The fourth-order valence-electron chi connectivity index (χ4n) is 5.03. The number of carbonyl (C=O) groups is 2. The molecule has 1 aliphatic carbocycles. The van der Waals surface area contributed by atoms with E-state index in [4.69, 9.17) is 25.0 Å². The van der Waals surface area contributed by atoms with Gasteiger partial charge in [-0.2, -0.15) is 0 Å². The molecule has 14 heteroatoms. The molecule has 0 bridgehead atoms. The van der Waals surface area contributed by atoms with Gasteiger partial charge in [0.1, 0.15) is 11.1 Å². The van der Waals surface area contributed by atoms with E-state index in [0.29, 0.717) is 66.2 Å². The number of nitrogens with zero attached hydrogens (tertiary/aromatic N) is 4. The van der Waals surface area contributed by atoms with Crippen LogP contribution in [0.5, 0.6) is 11.5 Å². The van der Waals surface area contributed by atoms with E-state index in [1.54, 1.807) is 11.2 Å². The summed E-state index contributed by atoms with van der Waals surface area (Å²) in [6.45, 7) is 2.15. The molecule has 200 valence electrons. The maximum atomic E-state index is 12.8. The van der Waals surface area contributed by atoms with Crippen LogP contribution in [0.15, 0.2) is 33.0 Å². The van der Waals surface area contributed by atoms with Crippen LogP contribution in [-0.2, 0) is 11.3 Å². The number of fused-ring (bicyclic) bond motifs is 2. The number of carbonyl (C=O) groups excluding carboxylic acids is 1. The van der Waals surface area contributed by atoms with Gasteiger partial charge in [-0.05, 0) is 66.1 Å². The van der Waals surface area contributed by atoms with Gasteiger partial charge in [-0.1, -0.05) is 11.8 Å². The number of nitrogens with one attached hydrogen (secondary N) is 3. The van der Waals surface area contributed by atoms with Crippen LogP contribution < -0.4 is 20.3 Å².